The van der Waals surface area contributed by atoms with Gasteiger partial charge in [0, 0.05) is 6.04 Å². The number of aromatic nitrogens is 2. The van der Waals surface area contributed by atoms with E-state index in [9.17, 15) is 4.39 Å². The van der Waals surface area contributed by atoms with Gasteiger partial charge in [0.1, 0.15) is 11.6 Å². The molecule has 96 valence electrons. The number of fused-ring (bicyclic) bond motifs is 1. The van der Waals surface area contributed by atoms with Crippen molar-refractivity contribution in [2.24, 2.45) is 0 Å². The van der Waals surface area contributed by atoms with Crippen molar-refractivity contribution in [2.75, 3.05) is 6.54 Å². The monoisotopic (exact) mass is 247 g/mol. The third-order valence-corrected chi connectivity index (χ3v) is 3.35. The van der Waals surface area contributed by atoms with E-state index >= 15 is 0 Å². The number of imidazole rings is 1. The van der Waals surface area contributed by atoms with Crippen LogP contribution in [0.1, 0.15) is 38.1 Å². The van der Waals surface area contributed by atoms with Crippen LogP contribution in [0.2, 0.25) is 0 Å². The molecule has 1 aliphatic rings. The van der Waals surface area contributed by atoms with E-state index in [1.165, 1.54) is 18.9 Å². The van der Waals surface area contributed by atoms with E-state index in [2.05, 4.69) is 21.8 Å². The summed E-state index contributed by atoms with van der Waals surface area (Å²) >= 11 is 0. The van der Waals surface area contributed by atoms with Gasteiger partial charge in [-0.3, -0.25) is 0 Å². The lowest BCUT2D eigenvalue weighted by atomic mass is 10.3. The van der Waals surface area contributed by atoms with Crippen molar-refractivity contribution in [3.05, 3.63) is 29.8 Å². The van der Waals surface area contributed by atoms with Crippen LogP contribution < -0.4 is 5.32 Å². The first-order valence-electron chi connectivity index (χ1n) is 6.66. The molecule has 1 fully saturated rings. The Labute approximate surface area is 106 Å². The zero-order valence-electron chi connectivity index (χ0n) is 10.6. The maximum atomic E-state index is 13.4. The highest BCUT2D eigenvalue weighted by atomic mass is 19.1. The van der Waals surface area contributed by atoms with Gasteiger partial charge >= 0.3 is 0 Å². The quantitative estimate of drug-likeness (QED) is 0.823. The Bertz CT molecular complexity index is 557. The Morgan fingerprint density at radius 3 is 3.00 bits per heavy atom. The second kappa shape index (κ2) is 4.69. The molecule has 0 aliphatic heterocycles. The van der Waals surface area contributed by atoms with Gasteiger partial charge < -0.3 is 9.88 Å². The molecule has 0 bridgehead atoms. The molecule has 4 heteroatoms. The fraction of sp³-hybridized carbons (Fsp3) is 0.500. The van der Waals surface area contributed by atoms with Crippen LogP contribution in [0, 0.1) is 5.82 Å². The Hall–Kier alpha value is -1.42. The standard InChI is InChI=1S/C14H18FN3/c1-2-7-16-9-14-17-12-6-3-10(15)8-13(12)18(14)11-4-5-11/h3,6,8,11,16H,2,4-5,7,9H2,1H3. The fourth-order valence-electron chi connectivity index (χ4n) is 2.36. The summed E-state index contributed by atoms with van der Waals surface area (Å²) in [5.41, 5.74) is 1.84. The van der Waals surface area contributed by atoms with Crippen LogP contribution in [0.3, 0.4) is 0 Å². The molecule has 0 amide bonds. The van der Waals surface area contributed by atoms with Gasteiger partial charge in [-0.1, -0.05) is 6.92 Å². The highest BCUT2D eigenvalue weighted by Gasteiger charge is 2.28. The molecule has 1 N–H and O–H groups in total. The van der Waals surface area contributed by atoms with E-state index in [0.29, 0.717) is 6.04 Å². The highest BCUT2D eigenvalue weighted by Crippen LogP contribution is 2.38. The normalized spacial score (nSPS) is 15.4. The minimum Gasteiger partial charge on any atom is -0.324 e. The zero-order chi connectivity index (χ0) is 12.5. The fourth-order valence-corrected chi connectivity index (χ4v) is 2.36. The lowest BCUT2D eigenvalue weighted by Gasteiger charge is -2.08. The van der Waals surface area contributed by atoms with Crippen molar-refractivity contribution in [3.63, 3.8) is 0 Å². The first kappa shape index (κ1) is 11.7. The van der Waals surface area contributed by atoms with Crippen LogP contribution in [-0.2, 0) is 6.54 Å². The molecular weight excluding hydrogens is 229 g/mol. The summed E-state index contributed by atoms with van der Waals surface area (Å²) in [5, 5.41) is 3.37. The van der Waals surface area contributed by atoms with Gasteiger partial charge in [-0.25, -0.2) is 9.37 Å². The van der Waals surface area contributed by atoms with Crippen LogP contribution in [0.25, 0.3) is 11.0 Å². The van der Waals surface area contributed by atoms with E-state index in [1.54, 1.807) is 12.1 Å². The van der Waals surface area contributed by atoms with Gasteiger partial charge in [0.05, 0.1) is 17.6 Å². The second-order valence-corrected chi connectivity index (χ2v) is 4.94. The molecule has 0 atom stereocenters. The van der Waals surface area contributed by atoms with Gasteiger partial charge in [0.2, 0.25) is 0 Å². The summed E-state index contributed by atoms with van der Waals surface area (Å²) in [6.45, 7) is 3.90. The molecule has 0 saturated heterocycles. The number of nitrogens with zero attached hydrogens (tertiary/aromatic N) is 2. The highest BCUT2D eigenvalue weighted by molar-refractivity contribution is 5.76. The summed E-state index contributed by atoms with van der Waals surface area (Å²) in [6, 6.07) is 5.38. The molecule has 3 nitrogen and oxygen atoms in total. The Morgan fingerprint density at radius 2 is 2.28 bits per heavy atom. The molecule has 2 aromatic rings. The lowest BCUT2D eigenvalue weighted by Crippen LogP contribution is -2.17. The van der Waals surface area contributed by atoms with Crippen molar-refractivity contribution in [1.29, 1.82) is 0 Å². The minimum atomic E-state index is -0.183. The van der Waals surface area contributed by atoms with Crippen LogP contribution in [-0.4, -0.2) is 16.1 Å². The molecule has 0 unspecified atom stereocenters. The molecule has 0 spiro atoms. The Kier molecular flexibility index (Phi) is 3.04. The van der Waals surface area contributed by atoms with Crippen molar-refractivity contribution < 1.29 is 4.39 Å². The number of rotatable bonds is 5. The Balaban J connectivity index is 1.98. The number of nitrogens with one attached hydrogen (secondary N) is 1. The van der Waals surface area contributed by atoms with E-state index in [4.69, 9.17) is 0 Å². The first-order valence-corrected chi connectivity index (χ1v) is 6.66. The SMILES string of the molecule is CCCNCc1nc2ccc(F)cc2n1C1CC1. The second-order valence-electron chi connectivity index (χ2n) is 4.94. The average Bonchev–Trinajstić information content (AvgIpc) is 3.12. The van der Waals surface area contributed by atoms with Crippen molar-refractivity contribution in [3.8, 4) is 0 Å². The third kappa shape index (κ3) is 2.12. The van der Waals surface area contributed by atoms with E-state index in [-0.39, 0.29) is 5.82 Å². The molecule has 1 aromatic carbocycles. The van der Waals surface area contributed by atoms with Crippen molar-refractivity contribution in [2.45, 2.75) is 38.8 Å². The molecule has 1 aliphatic carbocycles. The summed E-state index contributed by atoms with van der Waals surface area (Å²) in [5.74, 6) is 0.851. The average molecular weight is 247 g/mol. The summed E-state index contributed by atoms with van der Waals surface area (Å²) in [4.78, 5) is 4.62. The van der Waals surface area contributed by atoms with Gasteiger partial charge in [-0.15, -0.1) is 0 Å². The van der Waals surface area contributed by atoms with E-state index in [1.807, 2.05) is 0 Å². The molecule has 1 heterocycles. The van der Waals surface area contributed by atoms with Gasteiger partial charge in [0.25, 0.3) is 0 Å². The first-order chi connectivity index (χ1) is 8.79. The maximum absolute atomic E-state index is 13.4. The molecule has 18 heavy (non-hydrogen) atoms. The maximum Gasteiger partial charge on any atom is 0.125 e. The zero-order valence-corrected chi connectivity index (χ0v) is 10.6. The number of hydrogen-bond donors (Lipinski definition) is 1. The largest absolute Gasteiger partial charge is 0.324 e. The van der Waals surface area contributed by atoms with Crippen LogP contribution >= 0.6 is 0 Å². The number of halogens is 1. The molecular formula is C14H18FN3. The topological polar surface area (TPSA) is 29.9 Å². The van der Waals surface area contributed by atoms with Crippen LogP contribution in [0.4, 0.5) is 4.39 Å². The molecule has 1 aromatic heterocycles. The van der Waals surface area contributed by atoms with Crippen LogP contribution in [0.15, 0.2) is 18.2 Å². The molecule has 0 radical (unpaired) electrons. The minimum absolute atomic E-state index is 0.183. The number of benzene rings is 1. The van der Waals surface area contributed by atoms with Gasteiger partial charge in [-0.05, 0) is 44.0 Å². The Morgan fingerprint density at radius 1 is 1.44 bits per heavy atom. The lowest BCUT2D eigenvalue weighted by molar-refractivity contribution is 0.606. The summed E-state index contributed by atoms with van der Waals surface area (Å²) in [6.07, 6.45) is 3.48. The van der Waals surface area contributed by atoms with Crippen molar-refractivity contribution in [1.82, 2.24) is 14.9 Å². The summed E-state index contributed by atoms with van der Waals surface area (Å²) in [7, 11) is 0. The predicted octanol–water partition coefficient (Wildman–Crippen LogP) is 3.01. The van der Waals surface area contributed by atoms with Crippen LogP contribution in [0.5, 0.6) is 0 Å². The number of hydrogen-bond acceptors (Lipinski definition) is 2. The van der Waals surface area contributed by atoms with Gasteiger partial charge in [0.15, 0.2) is 0 Å². The smallest absolute Gasteiger partial charge is 0.125 e. The molecule has 1 saturated carbocycles. The third-order valence-electron chi connectivity index (χ3n) is 3.35. The van der Waals surface area contributed by atoms with Crippen molar-refractivity contribution >= 4 is 11.0 Å². The van der Waals surface area contributed by atoms with E-state index < -0.39 is 0 Å². The molecule has 3 rings (SSSR count). The van der Waals surface area contributed by atoms with E-state index in [0.717, 1.165) is 36.4 Å². The predicted molar refractivity (Wildman–Crippen MR) is 70.0 cm³/mol. The summed E-state index contributed by atoms with van der Waals surface area (Å²) < 4.78 is 15.6. The van der Waals surface area contributed by atoms with Gasteiger partial charge in [-0.2, -0.15) is 0 Å².